The maximum absolute atomic E-state index is 12.2. The zero-order valence-corrected chi connectivity index (χ0v) is 16.3. The Hall–Kier alpha value is -3.81. The van der Waals surface area contributed by atoms with Gasteiger partial charge in [-0.15, -0.1) is 0 Å². The van der Waals surface area contributed by atoms with Gasteiger partial charge in [-0.3, -0.25) is 4.79 Å². The third-order valence-electron chi connectivity index (χ3n) is 4.77. The molecule has 2 aromatic carbocycles. The number of ether oxygens (including phenoxy) is 4. The fourth-order valence-electron chi connectivity index (χ4n) is 3.31. The lowest BCUT2D eigenvalue weighted by molar-refractivity contribution is -0.116. The predicted molar refractivity (Wildman–Crippen MR) is 109 cm³/mol. The molecule has 0 saturated heterocycles. The number of hydrogen-bond acceptors (Lipinski definition) is 7. The molecule has 0 saturated carbocycles. The minimum Gasteiger partial charge on any atom is -0.454 e. The molecule has 0 aliphatic carbocycles. The van der Waals surface area contributed by atoms with Gasteiger partial charge in [0.15, 0.2) is 28.8 Å². The summed E-state index contributed by atoms with van der Waals surface area (Å²) in [4.78, 5) is 21.4. The van der Waals surface area contributed by atoms with E-state index in [1.165, 1.54) is 0 Å². The van der Waals surface area contributed by atoms with E-state index in [-0.39, 0.29) is 19.5 Å². The zero-order chi connectivity index (χ0) is 20.5. The molecule has 3 heterocycles. The molecule has 0 spiro atoms. The quantitative estimate of drug-likeness (QED) is 0.686. The van der Waals surface area contributed by atoms with Gasteiger partial charge >= 0.3 is 0 Å². The highest BCUT2D eigenvalue weighted by Gasteiger charge is 2.18. The molecule has 5 rings (SSSR count). The van der Waals surface area contributed by atoms with E-state index in [9.17, 15) is 4.79 Å². The van der Waals surface area contributed by atoms with E-state index >= 15 is 0 Å². The third-order valence-corrected chi connectivity index (χ3v) is 4.77. The Kier molecular flexibility index (Phi) is 4.59. The molecule has 3 aromatic rings. The first kappa shape index (κ1) is 18.2. The number of rotatable bonds is 5. The Balaban J connectivity index is 1.57. The van der Waals surface area contributed by atoms with Crippen molar-refractivity contribution in [2.24, 2.45) is 0 Å². The number of nitrogens with zero attached hydrogens (tertiary/aromatic N) is 2. The third kappa shape index (κ3) is 3.47. The van der Waals surface area contributed by atoms with Crippen molar-refractivity contribution in [3.05, 3.63) is 42.5 Å². The normalized spacial score (nSPS) is 13.4. The lowest BCUT2D eigenvalue weighted by Gasteiger charge is -2.10. The van der Waals surface area contributed by atoms with Gasteiger partial charge in [0.25, 0.3) is 0 Å². The molecule has 2 aliphatic rings. The van der Waals surface area contributed by atoms with Gasteiger partial charge in [0.1, 0.15) is 5.82 Å². The largest absolute Gasteiger partial charge is 0.454 e. The van der Waals surface area contributed by atoms with Gasteiger partial charge in [-0.2, -0.15) is 0 Å². The number of carbonyl (C=O) groups is 1. The molecular weight excluding hydrogens is 386 g/mol. The summed E-state index contributed by atoms with van der Waals surface area (Å²) >= 11 is 0. The van der Waals surface area contributed by atoms with Gasteiger partial charge in [-0.25, -0.2) is 9.97 Å². The van der Waals surface area contributed by atoms with Crippen LogP contribution in [0.2, 0.25) is 0 Å². The van der Waals surface area contributed by atoms with E-state index < -0.39 is 0 Å². The molecule has 30 heavy (non-hydrogen) atoms. The number of benzene rings is 2. The summed E-state index contributed by atoms with van der Waals surface area (Å²) < 4.78 is 21.7. The molecule has 0 radical (unpaired) electrons. The molecule has 2 aliphatic heterocycles. The Morgan fingerprint density at radius 3 is 2.20 bits per heavy atom. The van der Waals surface area contributed by atoms with E-state index in [4.69, 9.17) is 23.9 Å². The minimum absolute atomic E-state index is 0.0931. The van der Waals surface area contributed by atoms with Crippen molar-refractivity contribution in [3.63, 3.8) is 0 Å². The zero-order valence-electron chi connectivity index (χ0n) is 16.3. The van der Waals surface area contributed by atoms with Crippen molar-refractivity contribution in [1.29, 1.82) is 0 Å². The molecule has 0 atom stereocenters. The van der Waals surface area contributed by atoms with Crippen molar-refractivity contribution >= 4 is 11.7 Å². The molecule has 152 valence electrons. The summed E-state index contributed by atoms with van der Waals surface area (Å²) in [6, 6.07) is 12.9. The molecule has 1 N–H and O–H groups in total. The minimum atomic E-state index is -0.0931. The van der Waals surface area contributed by atoms with Crippen LogP contribution in [0.25, 0.3) is 22.6 Å². The number of fused-ring (bicyclic) bond motifs is 2. The van der Waals surface area contributed by atoms with Crippen molar-refractivity contribution in [1.82, 2.24) is 9.97 Å². The van der Waals surface area contributed by atoms with Crippen LogP contribution in [-0.2, 0) is 4.79 Å². The topological polar surface area (TPSA) is 91.8 Å². The maximum atomic E-state index is 12.2. The smallest absolute Gasteiger partial charge is 0.231 e. The number of anilines is 1. The number of carbonyl (C=O) groups excluding carboxylic acids is 1. The van der Waals surface area contributed by atoms with Crippen molar-refractivity contribution in [3.8, 4) is 45.6 Å². The first-order valence-corrected chi connectivity index (χ1v) is 9.68. The van der Waals surface area contributed by atoms with E-state index in [0.29, 0.717) is 46.8 Å². The van der Waals surface area contributed by atoms with Crippen LogP contribution in [0, 0.1) is 0 Å². The molecule has 1 amide bonds. The number of hydrogen-bond donors (Lipinski definition) is 1. The second kappa shape index (κ2) is 7.55. The summed E-state index contributed by atoms with van der Waals surface area (Å²) in [6.07, 6.45) is 1.17. The number of aromatic nitrogens is 2. The SMILES string of the molecule is CCCC(=O)Nc1cc(-c2ccc3c(c2)OCO3)nc(-c2ccc3c(c2)OCO3)n1. The van der Waals surface area contributed by atoms with Gasteiger partial charge in [0, 0.05) is 23.6 Å². The second-order valence-corrected chi connectivity index (χ2v) is 6.90. The Morgan fingerprint density at radius 1 is 0.867 bits per heavy atom. The summed E-state index contributed by atoms with van der Waals surface area (Å²) in [5.41, 5.74) is 2.24. The monoisotopic (exact) mass is 405 g/mol. The lowest BCUT2D eigenvalue weighted by Crippen LogP contribution is -2.12. The van der Waals surface area contributed by atoms with E-state index in [0.717, 1.165) is 17.5 Å². The van der Waals surface area contributed by atoms with Crippen LogP contribution in [-0.4, -0.2) is 29.5 Å². The van der Waals surface area contributed by atoms with Crippen LogP contribution >= 0.6 is 0 Å². The van der Waals surface area contributed by atoms with Crippen LogP contribution in [0.1, 0.15) is 19.8 Å². The fourth-order valence-corrected chi connectivity index (χ4v) is 3.31. The van der Waals surface area contributed by atoms with E-state index in [1.807, 2.05) is 43.3 Å². The lowest BCUT2D eigenvalue weighted by atomic mass is 10.1. The fraction of sp³-hybridized carbons (Fsp3) is 0.227. The first-order valence-electron chi connectivity index (χ1n) is 9.68. The molecule has 8 nitrogen and oxygen atoms in total. The van der Waals surface area contributed by atoms with Gasteiger partial charge < -0.3 is 24.3 Å². The number of nitrogens with one attached hydrogen (secondary N) is 1. The summed E-state index contributed by atoms with van der Waals surface area (Å²) in [7, 11) is 0. The Bertz CT molecular complexity index is 1060. The van der Waals surface area contributed by atoms with Crippen LogP contribution in [0.15, 0.2) is 42.5 Å². The van der Waals surface area contributed by atoms with Crippen LogP contribution < -0.4 is 24.3 Å². The molecule has 0 fully saturated rings. The van der Waals surface area contributed by atoms with Crippen LogP contribution in [0.5, 0.6) is 23.0 Å². The standard InChI is InChI=1S/C22H19N3O5/c1-2-3-21(26)24-20-10-15(13-4-6-16-18(8-13)29-11-27-16)23-22(25-20)14-5-7-17-19(9-14)30-12-28-17/h4-10H,2-3,11-12H2,1H3,(H,23,24,25,26). The first-order chi connectivity index (χ1) is 14.7. The van der Waals surface area contributed by atoms with Gasteiger partial charge in [-0.05, 0) is 42.8 Å². The van der Waals surface area contributed by atoms with Crippen molar-refractivity contribution < 1.29 is 23.7 Å². The van der Waals surface area contributed by atoms with E-state index in [2.05, 4.69) is 10.3 Å². The van der Waals surface area contributed by atoms with Crippen molar-refractivity contribution in [2.45, 2.75) is 19.8 Å². The number of amides is 1. The predicted octanol–water partition coefficient (Wildman–Crippen LogP) is 4.01. The highest BCUT2D eigenvalue weighted by atomic mass is 16.7. The van der Waals surface area contributed by atoms with Gasteiger partial charge in [0.2, 0.25) is 19.5 Å². The highest BCUT2D eigenvalue weighted by Crippen LogP contribution is 2.38. The highest BCUT2D eigenvalue weighted by molar-refractivity contribution is 5.90. The van der Waals surface area contributed by atoms with Crippen LogP contribution in [0.4, 0.5) is 5.82 Å². The second-order valence-electron chi connectivity index (χ2n) is 6.90. The van der Waals surface area contributed by atoms with Gasteiger partial charge in [0.05, 0.1) is 5.69 Å². The summed E-state index contributed by atoms with van der Waals surface area (Å²) in [5.74, 6) is 3.49. The molecule has 0 bridgehead atoms. The summed E-state index contributed by atoms with van der Waals surface area (Å²) in [5, 5.41) is 2.87. The molecule has 8 heteroatoms. The molecular formula is C22H19N3O5. The van der Waals surface area contributed by atoms with Crippen molar-refractivity contribution in [2.75, 3.05) is 18.9 Å². The Morgan fingerprint density at radius 2 is 1.50 bits per heavy atom. The molecule has 1 aromatic heterocycles. The van der Waals surface area contributed by atoms with Gasteiger partial charge in [-0.1, -0.05) is 6.92 Å². The average Bonchev–Trinajstić information content (AvgIpc) is 3.41. The van der Waals surface area contributed by atoms with E-state index in [1.54, 1.807) is 6.07 Å². The Labute approximate surface area is 172 Å². The summed E-state index contributed by atoms with van der Waals surface area (Å²) in [6.45, 7) is 2.34. The average molecular weight is 405 g/mol. The van der Waals surface area contributed by atoms with Crippen LogP contribution in [0.3, 0.4) is 0 Å². The molecule has 0 unspecified atom stereocenters. The maximum Gasteiger partial charge on any atom is 0.231 e.